The Labute approximate surface area is 215 Å². The lowest BCUT2D eigenvalue weighted by Gasteiger charge is -2.12. The summed E-state index contributed by atoms with van der Waals surface area (Å²) in [5, 5.41) is 18.1. The summed E-state index contributed by atoms with van der Waals surface area (Å²) in [6.45, 7) is 3.95. The third-order valence-corrected chi connectivity index (χ3v) is 6.54. The van der Waals surface area contributed by atoms with E-state index in [1.54, 1.807) is 18.2 Å². The number of oxazole rings is 1. The van der Waals surface area contributed by atoms with Crippen LogP contribution in [0.5, 0.6) is 5.75 Å². The first-order chi connectivity index (χ1) is 16.8. The van der Waals surface area contributed by atoms with Gasteiger partial charge in [0, 0.05) is 15.7 Å². The molecule has 174 valence electrons. The van der Waals surface area contributed by atoms with E-state index in [1.807, 2.05) is 56.3 Å². The molecule has 0 saturated carbocycles. The second kappa shape index (κ2) is 9.13. The molecule has 5 aromatic rings. The summed E-state index contributed by atoms with van der Waals surface area (Å²) in [5.74, 6) is -0.00565. The van der Waals surface area contributed by atoms with E-state index in [1.165, 1.54) is 6.07 Å². The fourth-order valence-corrected chi connectivity index (χ4v) is 4.79. The number of rotatable bonds is 3. The number of anilines is 1. The molecule has 1 aromatic heterocycles. The van der Waals surface area contributed by atoms with E-state index in [9.17, 15) is 9.90 Å². The lowest BCUT2D eigenvalue weighted by Crippen LogP contribution is -2.34. The Balaban J connectivity index is 1.38. The predicted molar refractivity (Wildman–Crippen MR) is 146 cm³/mol. The molecule has 8 heteroatoms. The molecule has 35 heavy (non-hydrogen) atoms. The molecule has 0 aliphatic carbocycles. The standard InChI is InChI=1S/C27H20BrN3O3S/c1-14-11-15(2)24-22(12-14)30-26(34-24)20-13-16(9-10-23(20)32)29-27(35)31-25(33)19-7-3-6-18-17(19)5-4-8-21(18)28/h3-13,32H,1-2H3,(H2,29,31,33,35). The maximum atomic E-state index is 13.0. The molecule has 6 nitrogen and oxygen atoms in total. The van der Waals surface area contributed by atoms with Crippen molar-refractivity contribution in [2.24, 2.45) is 0 Å². The van der Waals surface area contributed by atoms with Gasteiger partial charge in [-0.2, -0.15) is 0 Å². The Morgan fingerprint density at radius 2 is 1.80 bits per heavy atom. The van der Waals surface area contributed by atoms with Crippen molar-refractivity contribution in [2.45, 2.75) is 13.8 Å². The van der Waals surface area contributed by atoms with Gasteiger partial charge in [-0.15, -0.1) is 0 Å². The zero-order valence-electron chi connectivity index (χ0n) is 18.8. The lowest BCUT2D eigenvalue weighted by molar-refractivity contribution is 0.0979. The van der Waals surface area contributed by atoms with Crippen LogP contribution in [0.25, 0.3) is 33.3 Å². The molecule has 5 rings (SSSR count). The van der Waals surface area contributed by atoms with E-state index in [4.69, 9.17) is 16.6 Å². The van der Waals surface area contributed by atoms with Gasteiger partial charge in [0.15, 0.2) is 10.7 Å². The second-order valence-electron chi connectivity index (χ2n) is 8.23. The SMILES string of the molecule is Cc1cc(C)c2oc(-c3cc(NC(=S)NC(=O)c4cccc5c(Br)cccc45)ccc3O)nc2c1. The summed E-state index contributed by atoms with van der Waals surface area (Å²) < 4.78 is 6.86. The minimum absolute atomic E-state index is 0.0211. The van der Waals surface area contributed by atoms with Crippen LogP contribution < -0.4 is 10.6 Å². The number of carbonyl (C=O) groups is 1. The normalized spacial score (nSPS) is 11.1. The van der Waals surface area contributed by atoms with Crippen molar-refractivity contribution >= 4 is 66.7 Å². The van der Waals surface area contributed by atoms with Crippen LogP contribution in [0.2, 0.25) is 0 Å². The van der Waals surface area contributed by atoms with Crippen LogP contribution in [0.15, 0.2) is 75.6 Å². The van der Waals surface area contributed by atoms with Crippen LogP contribution in [0.1, 0.15) is 21.5 Å². The molecule has 0 spiro atoms. The number of phenolic OH excluding ortho intramolecular Hbond substituents is 1. The van der Waals surface area contributed by atoms with Gasteiger partial charge in [-0.3, -0.25) is 10.1 Å². The average molecular weight is 546 g/mol. The quantitative estimate of drug-likeness (QED) is 0.169. The zero-order chi connectivity index (χ0) is 24.7. The highest BCUT2D eigenvalue weighted by Gasteiger charge is 2.16. The first-order valence-electron chi connectivity index (χ1n) is 10.8. The highest BCUT2D eigenvalue weighted by atomic mass is 79.9. The Kier molecular flexibility index (Phi) is 6.00. The van der Waals surface area contributed by atoms with Crippen molar-refractivity contribution in [2.75, 3.05) is 5.32 Å². The van der Waals surface area contributed by atoms with Crippen molar-refractivity contribution in [3.63, 3.8) is 0 Å². The first kappa shape index (κ1) is 23.0. The van der Waals surface area contributed by atoms with Gasteiger partial charge in [0.05, 0.1) is 5.56 Å². The minimum Gasteiger partial charge on any atom is -0.507 e. The molecule has 0 aliphatic rings. The van der Waals surface area contributed by atoms with Crippen molar-refractivity contribution in [1.82, 2.24) is 10.3 Å². The summed E-state index contributed by atoms with van der Waals surface area (Å²) in [5.41, 5.74) is 4.94. The summed E-state index contributed by atoms with van der Waals surface area (Å²) in [6, 6.07) is 20.0. The second-order valence-corrected chi connectivity index (χ2v) is 9.49. The third-order valence-electron chi connectivity index (χ3n) is 5.65. The number of carbonyl (C=O) groups excluding carboxylic acids is 1. The van der Waals surface area contributed by atoms with E-state index in [2.05, 4.69) is 31.5 Å². The topological polar surface area (TPSA) is 87.4 Å². The Morgan fingerprint density at radius 1 is 1.03 bits per heavy atom. The van der Waals surface area contributed by atoms with Crippen molar-refractivity contribution in [1.29, 1.82) is 0 Å². The first-order valence-corrected chi connectivity index (χ1v) is 12.0. The molecule has 0 atom stereocenters. The fourth-order valence-electron chi connectivity index (χ4n) is 4.08. The maximum absolute atomic E-state index is 13.0. The summed E-state index contributed by atoms with van der Waals surface area (Å²) in [6.07, 6.45) is 0. The molecule has 3 N–H and O–H groups in total. The number of hydrogen-bond donors (Lipinski definition) is 3. The third kappa shape index (κ3) is 4.50. The molecule has 0 saturated heterocycles. The van der Waals surface area contributed by atoms with Crippen molar-refractivity contribution in [3.05, 3.63) is 87.9 Å². The van der Waals surface area contributed by atoms with E-state index in [-0.39, 0.29) is 16.8 Å². The minimum atomic E-state index is -0.324. The Hall–Kier alpha value is -3.75. The molecule has 0 radical (unpaired) electrons. The van der Waals surface area contributed by atoms with Gasteiger partial charge in [0.25, 0.3) is 5.91 Å². The molecular weight excluding hydrogens is 526 g/mol. The van der Waals surface area contributed by atoms with Crippen LogP contribution in [0.3, 0.4) is 0 Å². The van der Waals surface area contributed by atoms with Crippen LogP contribution in [-0.4, -0.2) is 21.1 Å². The Bertz CT molecular complexity index is 1640. The molecule has 1 heterocycles. The van der Waals surface area contributed by atoms with Gasteiger partial charge in [-0.05, 0) is 84.4 Å². The summed E-state index contributed by atoms with van der Waals surface area (Å²) in [4.78, 5) is 17.5. The number of aryl methyl sites for hydroxylation is 2. The van der Waals surface area contributed by atoms with Crippen molar-refractivity contribution < 1.29 is 14.3 Å². The number of benzene rings is 4. The number of aromatic nitrogens is 1. The zero-order valence-corrected chi connectivity index (χ0v) is 21.3. The number of nitrogens with one attached hydrogen (secondary N) is 2. The van der Waals surface area contributed by atoms with Crippen LogP contribution in [0, 0.1) is 13.8 Å². The monoisotopic (exact) mass is 545 g/mol. The van der Waals surface area contributed by atoms with Gasteiger partial charge in [-0.25, -0.2) is 4.98 Å². The number of nitrogens with zero attached hydrogens (tertiary/aromatic N) is 1. The number of hydrogen-bond acceptors (Lipinski definition) is 5. The van der Waals surface area contributed by atoms with Gasteiger partial charge in [0.2, 0.25) is 5.89 Å². The van der Waals surface area contributed by atoms with E-state index in [0.717, 1.165) is 31.9 Å². The number of halogens is 1. The van der Waals surface area contributed by atoms with Crippen LogP contribution in [0.4, 0.5) is 5.69 Å². The maximum Gasteiger partial charge on any atom is 0.258 e. The van der Waals surface area contributed by atoms with E-state index in [0.29, 0.717) is 28.3 Å². The molecular formula is C27H20BrN3O3S. The number of fused-ring (bicyclic) bond motifs is 2. The number of thiocarbonyl (C=S) groups is 1. The summed E-state index contributed by atoms with van der Waals surface area (Å²) in [7, 11) is 0. The van der Waals surface area contributed by atoms with Crippen LogP contribution >= 0.6 is 28.1 Å². The molecule has 0 bridgehead atoms. The number of amides is 1. The molecule has 0 fully saturated rings. The fraction of sp³-hybridized carbons (Fsp3) is 0.0741. The van der Waals surface area contributed by atoms with Crippen molar-refractivity contribution in [3.8, 4) is 17.2 Å². The van der Waals surface area contributed by atoms with Gasteiger partial charge >= 0.3 is 0 Å². The van der Waals surface area contributed by atoms with Gasteiger partial charge in [0.1, 0.15) is 11.3 Å². The van der Waals surface area contributed by atoms with E-state index < -0.39 is 0 Å². The highest BCUT2D eigenvalue weighted by molar-refractivity contribution is 9.10. The molecule has 0 unspecified atom stereocenters. The van der Waals surface area contributed by atoms with E-state index >= 15 is 0 Å². The number of aromatic hydroxyl groups is 1. The predicted octanol–water partition coefficient (Wildman–Crippen LogP) is 6.86. The lowest BCUT2D eigenvalue weighted by atomic mass is 10.0. The van der Waals surface area contributed by atoms with Gasteiger partial charge < -0.3 is 14.8 Å². The Morgan fingerprint density at radius 3 is 2.63 bits per heavy atom. The smallest absolute Gasteiger partial charge is 0.258 e. The van der Waals surface area contributed by atoms with Crippen LogP contribution in [-0.2, 0) is 0 Å². The van der Waals surface area contributed by atoms with Gasteiger partial charge in [-0.1, -0.05) is 46.3 Å². The molecule has 0 aliphatic heterocycles. The largest absolute Gasteiger partial charge is 0.507 e. The summed E-state index contributed by atoms with van der Waals surface area (Å²) >= 11 is 8.91. The highest BCUT2D eigenvalue weighted by Crippen LogP contribution is 2.34. The molecule has 1 amide bonds. The number of phenols is 1. The average Bonchev–Trinajstić information content (AvgIpc) is 3.24. The molecule has 4 aromatic carbocycles.